The van der Waals surface area contributed by atoms with Crippen LogP contribution in [0.1, 0.15) is 43.0 Å². The molecule has 98 valence electrons. The third kappa shape index (κ3) is 2.91. The Labute approximate surface area is 108 Å². The highest BCUT2D eigenvalue weighted by Crippen LogP contribution is 2.27. The van der Waals surface area contributed by atoms with Crippen LogP contribution in [-0.4, -0.2) is 18.4 Å². The van der Waals surface area contributed by atoms with E-state index in [1.54, 1.807) is 0 Å². The summed E-state index contributed by atoms with van der Waals surface area (Å²) in [5.41, 5.74) is 6.72. The van der Waals surface area contributed by atoms with Gasteiger partial charge in [0.2, 0.25) is 0 Å². The van der Waals surface area contributed by atoms with Crippen molar-refractivity contribution in [2.75, 3.05) is 6.61 Å². The minimum absolute atomic E-state index is 0.00686. The molecule has 2 atom stereocenters. The summed E-state index contributed by atoms with van der Waals surface area (Å²) >= 11 is 0. The predicted molar refractivity (Wildman–Crippen MR) is 71.9 cm³/mol. The normalized spacial score (nSPS) is 23.0. The van der Waals surface area contributed by atoms with E-state index in [2.05, 4.69) is 6.92 Å². The van der Waals surface area contributed by atoms with Gasteiger partial charge in [0, 0.05) is 17.5 Å². The first kappa shape index (κ1) is 13.1. The zero-order chi connectivity index (χ0) is 13.0. The van der Waals surface area contributed by atoms with Crippen LogP contribution in [0.15, 0.2) is 24.3 Å². The maximum absolute atomic E-state index is 12.3. The number of carbonyl (C=O) groups excluding carboxylic acids is 1. The van der Waals surface area contributed by atoms with Crippen LogP contribution in [-0.2, 0) is 0 Å². The number of carbonyl (C=O) groups is 1. The summed E-state index contributed by atoms with van der Waals surface area (Å²) in [6, 6.07) is 7.46. The number of nitrogens with two attached hydrogens (primary N) is 1. The number of ether oxygens (including phenoxy) is 1. The van der Waals surface area contributed by atoms with Gasteiger partial charge in [0.05, 0.1) is 6.61 Å². The van der Waals surface area contributed by atoms with Crippen molar-refractivity contribution >= 4 is 5.78 Å². The van der Waals surface area contributed by atoms with Crippen molar-refractivity contribution in [2.45, 2.75) is 38.6 Å². The fraction of sp³-hybridized carbons (Fsp3) is 0.533. The number of hydrogen-bond acceptors (Lipinski definition) is 3. The Morgan fingerprint density at radius 1 is 1.33 bits per heavy atom. The lowest BCUT2D eigenvalue weighted by molar-refractivity contribution is 0.0913. The molecule has 3 nitrogen and oxygen atoms in total. The summed E-state index contributed by atoms with van der Waals surface area (Å²) < 4.78 is 5.50. The second-order valence-electron chi connectivity index (χ2n) is 4.94. The van der Waals surface area contributed by atoms with E-state index in [9.17, 15) is 4.79 Å². The van der Waals surface area contributed by atoms with Gasteiger partial charge in [-0.05, 0) is 43.5 Å². The van der Waals surface area contributed by atoms with Gasteiger partial charge in [0.15, 0.2) is 5.78 Å². The molecule has 1 aromatic rings. The Bertz CT molecular complexity index is 399. The van der Waals surface area contributed by atoms with Gasteiger partial charge in [-0.3, -0.25) is 4.79 Å². The zero-order valence-electron chi connectivity index (χ0n) is 10.9. The molecule has 0 heterocycles. The van der Waals surface area contributed by atoms with Gasteiger partial charge in [-0.15, -0.1) is 0 Å². The molecule has 1 fully saturated rings. The number of benzene rings is 1. The highest BCUT2D eigenvalue weighted by Gasteiger charge is 2.30. The molecule has 2 unspecified atom stereocenters. The quantitative estimate of drug-likeness (QED) is 0.814. The van der Waals surface area contributed by atoms with Crippen LogP contribution in [0.2, 0.25) is 0 Å². The summed E-state index contributed by atoms with van der Waals surface area (Å²) in [6.45, 7) is 2.78. The lowest BCUT2D eigenvalue weighted by atomic mass is 9.93. The Balaban J connectivity index is 2.02. The van der Waals surface area contributed by atoms with Crippen molar-refractivity contribution in [1.82, 2.24) is 0 Å². The minimum atomic E-state index is 0.00686. The van der Waals surface area contributed by atoms with E-state index in [-0.39, 0.29) is 17.7 Å². The summed E-state index contributed by atoms with van der Waals surface area (Å²) in [7, 11) is 0. The molecular formula is C15H21NO2. The number of ketones is 1. The maximum Gasteiger partial charge on any atom is 0.167 e. The number of hydrogen-bond donors (Lipinski definition) is 1. The third-order valence-corrected chi connectivity index (χ3v) is 3.52. The Kier molecular flexibility index (Phi) is 4.37. The predicted octanol–water partition coefficient (Wildman–Crippen LogP) is 2.79. The lowest BCUT2D eigenvalue weighted by Crippen LogP contribution is -2.30. The van der Waals surface area contributed by atoms with E-state index in [1.165, 1.54) is 0 Å². The average Bonchev–Trinajstić information content (AvgIpc) is 2.82. The summed E-state index contributed by atoms with van der Waals surface area (Å²) in [6.07, 6.45) is 3.94. The SMILES string of the molecule is CCCOc1ccc(C(=O)C2CCCC2N)cc1. The van der Waals surface area contributed by atoms with Crippen molar-refractivity contribution in [3.8, 4) is 5.75 Å². The van der Waals surface area contributed by atoms with Gasteiger partial charge in [0.1, 0.15) is 5.75 Å². The van der Waals surface area contributed by atoms with Gasteiger partial charge in [-0.1, -0.05) is 13.3 Å². The molecule has 0 spiro atoms. The lowest BCUT2D eigenvalue weighted by Gasteiger charge is -2.14. The van der Waals surface area contributed by atoms with Crippen LogP contribution < -0.4 is 10.5 Å². The van der Waals surface area contributed by atoms with Gasteiger partial charge in [-0.25, -0.2) is 0 Å². The molecule has 3 heteroatoms. The standard InChI is InChI=1S/C15H21NO2/c1-2-10-18-12-8-6-11(7-9-12)15(17)13-4-3-5-14(13)16/h6-9,13-14H,2-5,10,16H2,1H3. The molecule has 0 radical (unpaired) electrons. The van der Waals surface area contributed by atoms with Crippen LogP contribution in [0.4, 0.5) is 0 Å². The summed E-state index contributed by atoms with van der Waals surface area (Å²) in [5.74, 6) is 1.01. The van der Waals surface area contributed by atoms with Crippen molar-refractivity contribution in [3.05, 3.63) is 29.8 Å². The monoisotopic (exact) mass is 247 g/mol. The van der Waals surface area contributed by atoms with Gasteiger partial charge < -0.3 is 10.5 Å². The largest absolute Gasteiger partial charge is 0.494 e. The molecule has 1 aromatic carbocycles. The van der Waals surface area contributed by atoms with Crippen LogP contribution in [0.25, 0.3) is 0 Å². The fourth-order valence-electron chi connectivity index (χ4n) is 2.46. The molecule has 0 amide bonds. The highest BCUT2D eigenvalue weighted by atomic mass is 16.5. The first-order valence-corrected chi connectivity index (χ1v) is 6.75. The molecule has 0 bridgehead atoms. The smallest absolute Gasteiger partial charge is 0.167 e. The van der Waals surface area contributed by atoms with Crippen molar-refractivity contribution in [2.24, 2.45) is 11.7 Å². The van der Waals surface area contributed by atoms with Crippen molar-refractivity contribution in [1.29, 1.82) is 0 Å². The molecule has 0 aromatic heterocycles. The zero-order valence-corrected chi connectivity index (χ0v) is 10.9. The summed E-state index contributed by atoms with van der Waals surface area (Å²) in [5, 5.41) is 0. The first-order valence-electron chi connectivity index (χ1n) is 6.75. The number of rotatable bonds is 5. The van der Waals surface area contributed by atoms with Crippen LogP contribution in [0.5, 0.6) is 5.75 Å². The highest BCUT2D eigenvalue weighted by molar-refractivity contribution is 5.98. The van der Waals surface area contributed by atoms with Gasteiger partial charge in [-0.2, -0.15) is 0 Å². The van der Waals surface area contributed by atoms with E-state index in [1.807, 2.05) is 24.3 Å². The second kappa shape index (κ2) is 6.01. The van der Waals surface area contributed by atoms with E-state index < -0.39 is 0 Å². The first-order chi connectivity index (χ1) is 8.72. The fourth-order valence-corrected chi connectivity index (χ4v) is 2.46. The van der Waals surface area contributed by atoms with E-state index in [4.69, 9.17) is 10.5 Å². The van der Waals surface area contributed by atoms with Crippen LogP contribution in [0.3, 0.4) is 0 Å². The van der Waals surface area contributed by atoms with E-state index in [0.29, 0.717) is 6.61 Å². The average molecular weight is 247 g/mol. The molecular weight excluding hydrogens is 226 g/mol. The molecule has 0 saturated heterocycles. The summed E-state index contributed by atoms with van der Waals surface area (Å²) in [4.78, 5) is 12.3. The van der Waals surface area contributed by atoms with Gasteiger partial charge >= 0.3 is 0 Å². The molecule has 18 heavy (non-hydrogen) atoms. The van der Waals surface area contributed by atoms with Crippen molar-refractivity contribution in [3.63, 3.8) is 0 Å². The topological polar surface area (TPSA) is 52.3 Å². The van der Waals surface area contributed by atoms with Crippen LogP contribution in [0, 0.1) is 5.92 Å². The molecule has 2 rings (SSSR count). The van der Waals surface area contributed by atoms with Gasteiger partial charge in [0.25, 0.3) is 0 Å². The van der Waals surface area contributed by atoms with Crippen molar-refractivity contribution < 1.29 is 9.53 Å². The number of Topliss-reactive ketones (excluding diaryl/α,β-unsaturated/α-hetero) is 1. The molecule has 1 saturated carbocycles. The van der Waals surface area contributed by atoms with Crippen LogP contribution >= 0.6 is 0 Å². The Hall–Kier alpha value is -1.35. The Morgan fingerprint density at radius 3 is 2.61 bits per heavy atom. The van der Waals surface area contributed by atoms with E-state index in [0.717, 1.165) is 37.0 Å². The molecule has 1 aliphatic carbocycles. The minimum Gasteiger partial charge on any atom is -0.494 e. The molecule has 1 aliphatic rings. The molecule has 0 aliphatic heterocycles. The maximum atomic E-state index is 12.3. The second-order valence-corrected chi connectivity index (χ2v) is 4.94. The Morgan fingerprint density at radius 2 is 2.06 bits per heavy atom. The van der Waals surface area contributed by atoms with E-state index >= 15 is 0 Å². The third-order valence-electron chi connectivity index (χ3n) is 3.52. The molecule has 2 N–H and O–H groups in total.